The van der Waals surface area contributed by atoms with Crippen molar-refractivity contribution in [3.05, 3.63) is 29.1 Å². The maximum absolute atomic E-state index is 13.5. The van der Waals surface area contributed by atoms with Crippen LogP contribution in [0.25, 0.3) is 0 Å². The molecule has 114 valence electrons. The van der Waals surface area contributed by atoms with Gasteiger partial charge < -0.3 is 4.74 Å². The zero-order valence-corrected chi connectivity index (χ0v) is 11.0. The van der Waals surface area contributed by atoms with E-state index in [2.05, 4.69) is 4.74 Å². The van der Waals surface area contributed by atoms with Crippen LogP contribution in [0, 0.1) is 12.7 Å². The summed E-state index contributed by atoms with van der Waals surface area (Å²) in [5, 5.41) is 0. The van der Waals surface area contributed by atoms with E-state index in [1.165, 1.54) is 0 Å². The second-order valence-electron chi connectivity index (χ2n) is 4.41. The van der Waals surface area contributed by atoms with Crippen LogP contribution in [0.15, 0.2) is 12.1 Å². The van der Waals surface area contributed by atoms with E-state index in [4.69, 9.17) is 0 Å². The van der Waals surface area contributed by atoms with Crippen LogP contribution in [0.5, 0.6) is 5.75 Å². The Morgan fingerprint density at radius 2 is 1.70 bits per heavy atom. The van der Waals surface area contributed by atoms with Gasteiger partial charge in [0.1, 0.15) is 17.1 Å². The summed E-state index contributed by atoms with van der Waals surface area (Å²) in [6.07, 6.45) is -9.07. The van der Waals surface area contributed by atoms with Gasteiger partial charge >= 0.3 is 12.3 Å². The Bertz CT molecular complexity index is 467. The number of hydrogen-bond acceptors (Lipinski definition) is 1. The normalized spacial score (nSPS) is 12.6. The van der Waals surface area contributed by atoms with E-state index in [9.17, 15) is 26.3 Å². The first-order valence-corrected chi connectivity index (χ1v) is 6.01. The Kier molecular flexibility index (Phi) is 4.94. The lowest BCUT2D eigenvalue weighted by atomic mass is 10.1. The predicted molar refractivity (Wildman–Crippen MR) is 61.2 cm³/mol. The van der Waals surface area contributed by atoms with Crippen molar-refractivity contribution in [1.82, 2.24) is 0 Å². The van der Waals surface area contributed by atoms with Crippen LogP contribution in [-0.4, -0.2) is 6.11 Å². The van der Waals surface area contributed by atoms with E-state index < -0.39 is 35.8 Å². The van der Waals surface area contributed by atoms with Crippen molar-refractivity contribution in [2.24, 2.45) is 0 Å². The molecular weight excluding hydrogens is 286 g/mol. The third-order valence-corrected chi connectivity index (χ3v) is 2.66. The molecule has 0 fully saturated rings. The average Bonchev–Trinajstić information content (AvgIpc) is 2.29. The summed E-state index contributed by atoms with van der Waals surface area (Å²) in [5.74, 6) is -2.79. The van der Waals surface area contributed by atoms with Gasteiger partial charge in [-0.1, -0.05) is 19.4 Å². The maximum atomic E-state index is 13.5. The van der Waals surface area contributed by atoms with Gasteiger partial charge in [-0.15, -0.1) is 0 Å². The van der Waals surface area contributed by atoms with Gasteiger partial charge in [0.05, 0.1) is 6.42 Å². The van der Waals surface area contributed by atoms with Gasteiger partial charge in [0.15, 0.2) is 0 Å². The van der Waals surface area contributed by atoms with Crippen molar-refractivity contribution in [2.45, 2.75) is 45.4 Å². The third-order valence-electron chi connectivity index (χ3n) is 2.66. The summed E-state index contributed by atoms with van der Waals surface area (Å²) in [6.45, 7) is 2.77. The molecule has 1 nitrogen and oxygen atoms in total. The van der Waals surface area contributed by atoms with Gasteiger partial charge in [-0.25, -0.2) is 4.39 Å². The average molecular weight is 300 g/mol. The number of aryl methyl sites for hydroxylation is 1. The SMILES string of the molecule is CCCCC(F)(F)Oc1ccc(C)c(F)c1C(F)(F)F. The molecule has 0 aliphatic rings. The number of benzene rings is 1. The third kappa shape index (κ3) is 4.05. The molecule has 0 aromatic heterocycles. The van der Waals surface area contributed by atoms with E-state index >= 15 is 0 Å². The van der Waals surface area contributed by atoms with E-state index in [1.807, 2.05) is 0 Å². The molecule has 0 N–H and O–H groups in total. The molecular formula is C13H14F6O. The Hall–Kier alpha value is -1.40. The fraction of sp³-hybridized carbons (Fsp3) is 0.538. The highest BCUT2D eigenvalue weighted by molar-refractivity contribution is 5.40. The van der Waals surface area contributed by atoms with Crippen LogP contribution in [-0.2, 0) is 6.18 Å². The standard InChI is InChI=1S/C13H14F6O/c1-3-4-7-12(15,16)20-9-6-5-8(2)11(14)10(9)13(17,18)19/h5-6H,3-4,7H2,1-2H3. The second-order valence-corrected chi connectivity index (χ2v) is 4.41. The van der Waals surface area contributed by atoms with Crippen molar-refractivity contribution in [1.29, 1.82) is 0 Å². The molecule has 1 aromatic rings. The largest absolute Gasteiger partial charge is 0.432 e. The smallest absolute Gasteiger partial charge is 0.422 e. The van der Waals surface area contributed by atoms with E-state index in [0.29, 0.717) is 12.5 Å². The molecule has 1 aromatic carbocycles. The van der Waals surface area contributed by atoms with Crippen molar-refractivity contribution < 1.29 is 31.1 Å². The summed E-state index contributed by atoms with van der Waals surface area (Å²) in [7, 11) is 0. The van der Waals surface area contributed by atoms with Crippen molar-refractivity contribution in [2.75, 3.05) is 0 Å². The molecule has 0 saturated heterocycles. The van der Waals surface area contributed by atoms with Gasteiger partial charge in [0.2, 0.25) is 0 Å². The van der Waals surface area contributed by atoms with Crippen LogP contribution < -0.4 is 4.74 Å². The molecule has 0 bridgehead atoms. The first kappa shape index (κ1) is 16.7. The van der Waals surface area contributed by atoms with Crippen LogP contribution >= 0.6 is 0 Å². The topological polar surface area (TPSA) is 9.23 Å². The Labute approximate surface area is 112 Å². The molecule has 0 amide bonds. The molecule has 7 heteroatoms. The highest BCUT2D eigenvalue weighted by Gasteiger charge is 2.41. The summed E-state index contributed by atoms with van der Waals surface area (Å²) in [5.41, 5.74) is -2.09. The fourth-order valence-electron chi connectivity index (χ4n) is 1.61. The number of rotatable bonds is 5. The summed E-state index contributed by atoms with van der Waals surface area (Å²) in [4.78, 5) is 0. The van der Waals surface area contributed by atoms with Crippen LogP contribution in [0.4, 0.5) is 26.3 Å². The summed E-state index contributed by atoms with van der Waals surface area (Å²) >= 11 is 0. The van der Waals surface area contributed by atoms with Crippen LogP contribution in [0.1, 0.15) is 37.3 Å². The molecule has 1 rings (SSSR count). The van der Waals surface area contributed by atoms with Crippen LogP contribution in [0.2, 0.25) is 0 Å². The van der Waals surface area contributed by atoms with E-state index in [0.717, 1.165) is 13.0 Å². The summed E-state index contributed by atoms with van der Waals surface area (Å²) < 4.78 is 82.7. The number of ether oxygens (including phenoxy) is 1. The minimum absolute atomic E-state index is 0.0860. The van der Waals surface area contributed by atoms with Crippen LogP contribution in [0.3, 0.4) is 0 Å². The van der Waals surface area contributed by atoms with Gasteiger partial charge in [0.25, 0.3) is 0 Å². The molecule has 0 atom stereocenters. The van der Waals surface area contributed by atoms with Gasteiger partial charge in [0, 0.05) is 0 Å². The molecule has 20 heavy (non-hydrogen) atoms. The lowest BCUT2D eigenvalue weighted by molar-refractivity contribution is -0.188. The molecule has 0 heterocycles. The number of hydrogen-bond donors (Lipinski definition) is 0. The van der Waals surface area contributed by atoms with Gasteiger partial charge in [-0.3, -0.25) is 0 Å². The Morgan fingerprint density at radius 1 is 1.10 bits per heavy atom. The van der Waals surface area contributed by atoms with Gasteiger partial charge in [-0.2, -0.15) is 22.0 Å². The zero-order chi connectivity index (χ0) is 15.6. The highest BCUT2D eigenvalue weighted by atomic mass is 19.4. The first-order chi connectivity index (χ1) is 9.08. The lowest BCUT2D eigenvalue weighted by Gasteiger charge is -2.21. The highest BCUT2D eigenvalue weighted by Crippen LogP contribution is 2.41. The van der Waals surface area contributed by atoms with Crippen molar-refractivity contribution in [3.63, 3.8) is 0 Å². The fourth-order valence-corrected chi connectivity index (χ4v) is 1.61. The molecule has 0 saturated carbocycles. The molecule has 0 spiro atoms. The second kappa shape index (κ2) is 5.93. The summed E-state index contributed by atoms with van der Waals surface area (Å²) in [6, 6.07) is 1.68. The number of halogens is 6. The van der Waals surface area contributed by atoms with Gasteiger partial charge in [-0.05, 0) is 25.0 Å². The minimum Gasteiger partial charge on any atom is -0.432 e. The number of unbranched alkanes of at least 4 members (excludes halogenated alkanes) is 1. The maximum Gasteiger partial charge on any atom is 0.422 e. The monoisotopic (exact) mass is 300 g/mol. The molecule has 0 unspecified atom stereocenters. The lowest BCUT2D eigenvalue weighted by Crippen LogP contribution is -2.26. The van der Waals surface area contributed by atoms with Crippen molar-refractivity contribution in [3.8, 4) is 5.75 Å². The quantitative estimate of drug-likeness (QED) is 0.669. The molecule has 0 aliphatic carbocycles. The molecule has 0 radical (unpaired) electrons. The van der Waals surface area contributed by atoms with E-state index in [1.54, 1.807) is 6.92 Å². The Morgan fingerprint density at radius 3 is 2.20 bits per heavy atom. The zero-order valence-electron chi connectivity index (χ0n) is 11.0. The first-order valence-electron chi connectivity index (χ1n) is 6.01. The van der Waals surface area contributed by atoms with E-state index in [-0.39, 0.29) is 12.0 Å². The predicted octanol–water partition coefficient (Wildman–Crippen LogP) is 5.31. The van der Waals surface area contributed by atoms with Crippen molar-refractivity contribution >= 4 is 0 Å². The molecule has 0 aliphatic heterocycles. The minimum atomic E-state index is -5.10. The Balaban J connectivity index is 3.16. The number of alkyl halides is 5.